The largest absolute Gasteiger partial charge is 0.451 e. The van der Waals surface area contributed by atoms with Crippen molar-refractivity contribution >= 4 is 16.9 Å². The first-order valence-corrected chi connectivity index (χ1v) is 9.86. The molecule has 0 spiro atoms. The Morgan fingerprint density at radius 1 is 1.13 bits per heavy atom. The lowest BCUT2D eigenvalue weighted by Crippen LogP contribution is -2.31. The van der Waals surface area contributed by atoms with Crippen LogP contribution in [0.5, 0.6) is 0 Å². The van der Waals surface area contributed by atoms with Crippen LogP contribution in [0.4, 0.5) is 8.78 Å². The van der Waals surface area contributed by atoms with E-state index in [1.165, 1.54) is 22.9 Å². The smallest absolute Gasteiger partial charge is 0.287 e. The van der Waals surface area contributed by atoms with Gasteiger partial charge in [-0.3, -0.25) is 9.59 Å². The molecule has 1 atom stereocenters. The Morgan fingerprint density at radius 3 is 2.71 bits per heavy atom. The Bertz CT molecular complexity index is 1360. The summed E-state index contributed by atoms with van der Waals surface area (Å²) in [5.74, 6) is -1.96. The molecule has 0 saturated carbocycles. The zero-order valence-electron chi connectivity index (χ0n) is 16.3. The molecule has 2 heterocycles. The van der Waals surface area contributed by atoms with Crippen molar-refractivity contribution in [2.45, 2.75) is 25.3 Å². The second-order valence-corrected chi connectivity index (χ2v) is 7.48. The van der Waals surface area contributed by atoms with Crippen LogP contribution in [-0.4, -0.2) is 15.7 Å². The molecule has 6 nitrogen and oxygen atoms in total. The highest BCUT2D eigenvalue weighted by Crippen LogP contribution is 2.31. The van der Waals surface area contributed by atoms with Crippen LogP contribution in [0.1, 0.15) is 40.7 Å². The number of fused-ring (bicyclic) bond motifs is 2. The molecule has 2 aromatic carbocycles. The average molecular weight is 421 g/mol. The topological polar surface area (TPSA) is 77.1 Å². The standard InChI is InChI=1S/C23H17F2N3O3/c24-13-8-14(25)10-15(9-13)28-19-6-3-5-18(17(19)12-26-28)27-23(30)22-11-20(29)16-4-1-2-7-21(16)31-22/h1-2,4,7-12,18H,3,5-6H2,(H,27,30)/t18-/m1/s1. The van der Waals surface area contributed by atoms with Crippen molar-refractivity contribution in [3.05, 3.63) is 93.6 Å². The maximum absolute atomic E-state index is 13.7. The Morgan fingerprint density at radius 2 is 1.90 bits per heavy atom. The number of hydrogen-bond acceptors (Lipinski definition) is 4. The Balaban J connectivity index is 1.45. The molecule has 31 heavy (non-hydrogen) atoms. The van der Waals surface area contributed by atoms with Gasteiger partial charge in [-0.05, 0) is 43.5 Å². The molecular weight excluding hydrogens is 404 g/mol. The zero-order chi connectivity index (χ0) is 21.5. The fourth-order valence-corrected chi connectivity index (χ4v) is 4.04. The molecule has 2 aromatic heterocycles. The number of halogens is 2. The zero-order valence-corrected chi connectivity index (χ0v) is 16.3. The molecule has 0 fully saturated rings. The molecule has 1 aliphatic rings. The minimum absolute atomic E-state index is 0.0737. The lowest BCUT2D eigenvalue weighted by Gasteiger charge is -2.24. The molecule has 0 radical (unpaired) electrons. The molecule has 4 aromatic rings. The molecule has 1 N–H and O–H groups in total. The molecule has 156 valence electrons. The highest BCUT2D eigenvalue weighted by atomic mass is 19.1. The van der Waals surface area contributed by atoms with Crippen LogP contribution < -0.4 is 10.7 Å². The van der Waals surface area contributed by atoms with Crippen LogP contribution in [0.25, 0.3) is 16.7 Å². The number of carbonyl (C=O) groups excluding carboxylic acids is 1. The molecule has 0 unspecified atom stereocenters. The number of amides is 1. The normalized spacial score (nSPS) is 15.6. The fraction of sp³-hybridized carbons (Fsp3) is 0.174. The van der Waals surface area contributed by atoms with Crippen molar-refractivity contribution in [1.82, 2.24) is 15.1 Å². The van der Waals surface area contributed by atoms with E-state index in [4.69, 9.17) is 4.42 Å². The third-order valence-electron chi connectivity index (χ3n) is 5.44. The highest BCUT2D eigenvalue weighted by Gasteiger charge is 2.27. The van der Waals surface area contributed by atoms with Crippen LogP contribution in [0.3, 0.4) is 0 Å². The minimum Gasteiger partial charge on any atom is -0.451 e. The molecule has 0 bridgehead atoms. The number of hydrogen-bond donors (Lipinski definition) is 1. The third-order valence-corrected chi connectivity index (χ3v) is 5.44. The molecule has 5 rings (SSSR count). The van der Waals surface area contributed by atoms with Gasteiger partial charge in [-0.15, -0.1) is 0 Å². The van der Waals surface area contributed by atoms with Crippen molar-refractivity contribution in [1.29, 1.82) is 0 Å². The van der Waals surface area contributed by atoms with E-state index in [2.05, 4.69) is 10.4 Å². The van der Waals surface area contributed by atoms with E-state index in [0.717, 1.165) is 23.7 Å². The number of para-hydroxylation sites is 1. The number of benzene rings is 2. The minimum atomic E-state index is -0.689. The van der Waals surface area contributed by atoms with Gasteiger partial charge in [-0.1, -0.05) is 12.1 Å². The predicted molar refractivity (Wildman–Crippen MR) is 109 cm³/mol. The maximum Gasteiger partial charge on any atom is 0.287 e. The number of nitrogens with zero attached hydrogens (tertiary/aromatic N) is 2. The first-order valence-electron chi connectivity index (χ1n) is 9.86. The van der Waals surface area contributed by atoms with E-state index in [1.807, 2.05) is 0 Å². The van der Waals surface area contributed by atoms with Gasteiger partial charge in [-0.25, -0.2) is 13.5 Å². The maximum atomic E-state index is 13.7. The van der Waals surface area contributed by atoms with Crippen molar-refractivity contribution in [2.24, 2.45) is 0 Å². The fourth-order valence-electron chi connectivity index (χ4n) is 4.04. The molecule has 0 saturated heterocycles. The summed E-state index contributed by atoms with van der Waals surface area (Å²) in [5, 5.41) is 7.60. The summed E-state index contributed by atoms with van der Waals surface area (Å²) in [6.07, 6.45) is 3.67. The number of carbonyl (C=O) groups is 1. The van der Waals surface area contributed by atoms with Crippen LogP contribution in [0, 0.1) is 11.6 Å². The van der Waals surface area contributed by atoms with E-state index in [-0.39, 0.29) is 22.9 Å². The Hall–Kier alpha value is -3.81. The van der Waals surface area contributed by atoms with Gasteiger partial charge in [0.05, 0.1) is 23.3 Å². The second kappa shape index (κ2) is 7.46. The molecule has 0 aliphatic heterocycles. The van der Waals surface area contributed by atoms with Gasteiger partial charge in [0.2, 0.25) is 0 Å². The predicted octanol–water partition coefficient (Wildman–Crippen LogP) is 4.06. The Kier molecular flexibility index (Phi) is 4.62. The average Bonchev–Trinajstić information content (AvgIpc) is 3.18. The second-order valence-electron chi connectivity index (χ2n) is 7.48. The van der Waals surface area contributed by atoms with Crippen LogP contribution in [0.2, 0.25) is 0 Å². The first-order chi connectivity index (χ1) is 15.0. The van der Waals surface area contributed by atoms with Crippen molar-refractivity contribution in [2.75, 3.05) is 0 Å². The van der Waals surface area contributed by atoms with Crippen molar-refractivity contribution < 1.29 is 18.0 Å². The lowest BCUT2D eigenvalue weighted by molar-refractivity contribution is 0.0905. The monoisotopic (exact) mass is 421 g/mol. The van der Waals surface area contributed by atoms with Gasteiger partial charge in [0, 0.05) is 23.4 Å². The molecule has 8 heteroatoms. The van der Waals surface area contributed by atoms with Crippen LogP contribution >= 0.6 is 0 Å². The molecule has 1 aliphatic carbocycles. The summed E-state index contributed by atoms with van der Waals surface area (Å²) in [5.41, 5.74) is 1.88. The number of rotatable bonds is 3. The summed E-state index contributed by atoms with van der Waals surface area (Å²) in [6, 6.07) is 10.8. The van der Waals surface area contributed by atoms with Crippen LogP contribution in [0.15, 0.2) is 63.9 Å². The van der Waals surface area contributed by atoms with Crippen molar-refractivity contribution in [3.63, 3.8) is 0 Å². The van der Waals surface area contributed by atoms with Gasteiger partial charge >= 0.3 is 0 Å². The summed E-state index contributed by atoms with van der Waals surface area (Å²) >= 11 is 0. The van der Waals surface area contributed by atoms with Gasteiger partial charge in [0.1, 0.15) is 17.2 Å². The summed E-state index contributed by atoms with van der Waals surface area (Å²) < 4.78 is 34.4. The molecule has 1 amide bonds. The van der Waals surface area contributed by atoms with E-state index < -0.39 is 17.5 Å². The highest BCUT2D eigenvalue weighted by molar-refractivity contribution is 5.93. The quantitative estimate of drug-likeness (QED) is 0.541. The van der Waals surface area contributed by atoms with E-state index in [1.54, 1.807) is 30.5 Å². The van der Waals surface area contributed by atoms with Gasteiger partial charge in [0.25, 0.3) is 5.91 Å². The third kappa shape index (κ3) is 3.50. The van der Waals surface area contributed by atoms with E-state index in [9.17, 15) is 18.4 Å². The lowest BCUT2D eigenvalue weighted by atomic mass is 9.92. The number of nitrogens with one attached hydrogen (secondary N) is 1. The Labute approximate surface area is 175 Å². The van der Waals surface area contributed by atoms with Gasteiger partial charge in [-0.2, -0.15) is 5.10 Å². The van der Waals surface area contributed by atoms with E-state index in [0.29, 0.717) is 23.8 Å². The summed E-state index contributed by atoms with van der Waals surface area (Å²) in [4.78, 5) is 25.1. The molecular formula is C23H17F2N3O3. The van der Waals surface area contributed by atoms with Gasteiger partial charge in [0.15, 0.2) is 11.2 Å². The SMILES string of the molecule is O=C(N[C@@H]1CCCc2c1cnn2-c1cc(F)cc(F)c1)c1cc(=O)c2ccccc2o1. The summed E-state index contributed by atoms with van der Waals surface area (Å²) in [7, 11) is 0. The summed E-state index contributed by atoms with van der Waals surface area (Å²) in [6.45, 7) is 0. The number of aromatic nitrogens is 2. The van der Waals surface area contributed by atoms with E-state index >= 15 is 0 Å². The first kappa shape index (κ1) is 19.2. The van der Waals surface area contributed by atoms with Crippen molar-refractivity contribution in [3.8, 4) is 5.69 Å². The van der Waals surface area contributed by atoms with Gasteiger partial charge < -0.3 is 9.73 Å². The van der Waals surface area contributed by atoms with Crippen LogP contribution in [-0.2, 0) is 6.42 Å².